The van der Waals surface area contributed by atoms with Crippen molar-refractivity contribution in [3.63, 3.8) is 0 Å². The second-order valence-corrected chi connectivity index (χ2v) is 4.83. The molecule has 0 aromatic heterocycles. The highest BCUT2D eigenvalue weighted by Crippen LogP contribution is 2.31. The molecule has 106 valence electrons. The smallest absolute Gasteiger partial charge is 0.141 e. The summed E-state index contributed by atoms with van der Waals surface area (Å²) < 4.78 is 18.1. The lowest BCUT2D eigenvalue weighted by atomic mass is 10.1. The number of halogens is 2. The zero-order valence-electron chi connectivity index (χ0n) is 11.2. The lowest BCUT2D eigenvalue weighted by Gasteiger charge is -2.17. The van der Waals surface area contributed by atoms with E-state index in [0.29, 0.717) is 17.0 Å². The first-order valence-corrected chi connectivity index (χ1v) is 6.47. The van der Waals surface area contributed by atoms with Crippen molar-refractivity contribution in [1.29, 1.82) is 0 Å². The quantitative estimate of drug-likeness (QED) is 0.880. The Hall–Kier alpha value is -1.94. The molecular formula is C15H15ClFNO2. The summed E-state index contributed by atoms with van der Waals surface area (Å²) in [5.41, 5.74) is 1.39. The lowest BCUT2D eigenvalue weighted by molar-refractivity contribution is 0.406. The fourth-order valence-corrected chi connectivity index (χ4v) is 2.11. The Morgan fingerprint density at radius 2 is 2.00 bits per heavy atom. The molecule has 1 unspecified atom stereocenters. The van der Waals surface area contributed by atoms with E-state index in [2.05, 4.69) is 5.32 Å². The number of phenols is 1. The summed E-state index contributed by atoms with van der Waals surface area (Å²) in [6.07, 6.45) is 0. The number of aromatic hydroxyl groups is 1. The predicted molar refractivity (Wildman–Crippen MR) is 78.1 cm³/mol. The summed E-state index contributed by atoms with van der Waals surface area (Å²) >= 11 is 5.73. The second kappa shape index (κ2) is 6.01. The zero-order chi connectivity index (χ0) is 14.7. The van der Waals surface area contributed by atoms with Gasteiger partial charge < -0.3 is 15.2 Å². The van der Waals surface area contributed by atoms with E-state index in [1.165, 1.54) is 19.2 Å². The molecule has 0 bridgehead atoms. The largest absolute Gasteiger partial charge is 0.507 e. The van der Waals surface area contributed by atoms with E-state index in [4.69, 9.17) is 16.3 Å². The molecule has 2 N–H and O–H groups in total. The molecule has 0 radical (unpaired) electrons. The molecule has 2 aromatic carbocycles. The van der Waals surface area contributed by atoms with Crippen LogP contribution < -0.4 is 10.1 Å². The Labute approximate surface area is 122 Å². The van der Waals surface area contributed by atoms with E-state index in [1.807, 2.05) is 6.92 Å². The average Bonchev–Trinajstić information content (AvgIpc) is 2.42. The Balaban J connectivity index is 2.19. The van der Waals surface area contributed by atoms with Crippen LogP contribution in [0, 0.1) is 5.82 Å². The van der Waals surface area contributed by atoms with Crippen LogP contribution in [0.4, 0.5) is 10.1 Å². The van der Waals surface area contributed by atoms with Crippen molar-refractivity contribution in [3.05, 3.63) is 52.8 Å². The van der Waals surface area contributed by atoms with Crippen molar-refractivity contribution in [1.82, 2.24) is 0 Å². The van der Waals surface area contributed by atoms with E-state index in [0.717, 1.165) is 0 Å². The second-order valence-electron chi connectivity index (χ2n) is 4.42. The third kappa shape index (κ3) is 3.14. The van der Waals surface area contributed by atoms with Crippen LogP contribution in [0.3, 0.4) is 0 Å². The Kier molecular flexibility index (Phi) is 4.35. The number of hydrogen-bond donors (Lipinski definition) is 2. The van der Waals surface area contributed by atoms with E-state index < -0.39 is 5.82 Å². The SMILES string of the molecule is COc1ccc(C(C)Nc2ccc(F)c(Cl)c2)c(O)c1. The molecule has 20 heavy (non-hydrogen) atoms. The van der Waals surface area contributed by atoms with Gasteiger partial charge in [-0.15, -0.1) is 0 Å². The van der Waals surface area contributed by atoms with E-state index >= 15 is 0 Å². The van der Waals surface area contributed by atoms with Gasteiger partial charge in [0.05, 0.1) is 18.2 Å². The van der Waals surface area contributed by atoms with Gasteiger partial charge in [-0.3, -0.25) is 0 Å². The zero-order valence-corrected chi connectivity index (χ0v) is 11.9. The summed E-state index contributed by atoms with van der Waals surface area (Å²) in [4.78, 5) is 0. The molecule has 0 aliphatic carbocycles. The molecule has 0 saturated heterocycles. The summed E-state index contributed by atoms with van der Waals surface area (Å²) in [7, 11) is 1.54. The van der Waals surface area contributed by atoms with Gasteiger partial charge >= 0.3 is 0 Å². The molecule has 5 heteroatoms. The van der Waals surface area contributed by atoms with Gasteiger partial charge in [0.1, 0.15) is 17.3 Å². The van der Waals surface area contributed by atoms with Crippen molar-refractivity contribution < 1.29 is 14.2 Å². The molecule has 0 aliphatic heterocycles. The van der Waals surface area contributed by atoms with Crippen LogP contribution in [0.25, 0.3) is 0 Å². The van der Waals surface area contributed by atoms with E-state index in [1.54, 1.807) is 24.3 Å². The highest BCUT2D eigenvalue weighted by molar-refractivity contribution is 6.31. The third-order valence-corrected chi connectivity index (χ3v) is 3.30. The normalized spacial score (nSPS) is 12.0. The first-order valence-electron chi connectivity index (χ1n) is 6.09. The van der Waals surface area contributed by atoms with Crippen LogP contribution in [0.2, 0.25) is 5.02 Å². The van der Waals surface area contributed by atoms with Crippen molar-refractivity contribution in [2.45, 2.75) is 13.0 Å². The Bertz CT molecular complexity index is 619. The molecule has 2 rings (SSSR count). The van der Waals surface area contributed by atoms with Crippen molar-refractivity contribution in [2.75, 3.05) is 12.4 Å². The Morgan fingerprint density at radius 1 is 1.25 bits per heavy atom. The molecule has 0 fully saturated rings. The van der Waals surface area contributed by atoms with Gasteiger partial charge in [-0.2, -0.15) is 0 Å². The fourth-order valence-electron chi connectivity index (χ4n) is 1.93. The topological polar surface area (TPSA) is 41.5 Å². The summed E-state index contributed by atoms with van der Waals surface area (Å²) in [6, 6.07) is 9.33. The summed E-state index contributed by atoms with van der Waals surface area (Å²) in [5.74, 6) is 0.262. The number of anilines is 1. The monoisotopic (exact) mass is 295 g/mol. The first kappa shape index (κ1) is 14.5. The number of nitrogens with one attached hydrogen (secondary N) is 1. The van der Waals surface area contributed by atoms with Crippen LogP contribution in [0.5, 0.6) is 11.5 Å². The van der Waals surface area contributed by atoms with Gasteiger partial charge in [0, 0.05) is 17.3 Å². The third-order valence-electron chi connectivity index (χ3n) is 3.01. The maximum absolute atomic E-state index is 13.1. The number of benzene rings is 2. The van der Waals surface area contributed by atoms with Gasteiger partial charge in [-0.05, 0) is 37.3 Å². The minimum Gasteiger partial charge on any atom is -0.507 e. The molecule has 0 amide bonds. The first-order chi connectivity index (χ1) is 9.51. The van der Waals surface area contributed by atoms with Gasteiger partial charge in [-0.25, -0.2) is 4.39 Å². The van der Waals surface area contributed by atoms with Crippen LogP contribution in [0.1, 0.15) is 18.5 Å². The standard InChI is InChI=1S/C15H15ClFNO2/c1-9(12-5-4-11(20-2)8-15(12)19)18-10-3-6-14(17)13(16)7-10/h3-9,18-19H,1-2H3. The van der Waals surface area contributed by atoms with Crippen LogP contribution in [-0.4, -0.2) is 12.2 Å². The van der Waals surface area contributed by atoms with Crippen LogP contribution in [-0.2, 0) is 0 Å². The average molecular weight is 296 g/mol. The number of hydrogen-bond acceptors (Lipinski definition) is 3. The van der Waals surface area contributed by atoms with E-state index in [9.17, 15) is 9.50 Å². The maximum Gasteiger partial charge on any atom is 0.141 e. The minimum atomic E-state index is -0.461. The molecule has 1 atom stereocenters. The van der Waals surface area contributed by atoms with Crippen LogP contribution >= 0.6 is 11.6 Å². The number of phenolic OH excluding ortho intramolecular Hbond substituents is 1. The molecule has 2 aromatic rings. The number of methoxy groups -OCH3 is 1. The fraction of sp³-hybridized carbons (Fsp3) is 0.200. The molecular weight excluding hydrogens is 281 g/mol. The number of rotatable bonds is 4. The molecule has 3 nitrogen and oxygen atoms in total. The van der Waals surface area contributed by atoms with Crippen molar-refractivity contribution >= 4 is 17.3 Å². The highest BCUT2D eigenvalue weighted by atomic mass is 35.5. The van der Waals surface area contributed by atoms with Crippen LogP contribution in [0.15, 0.2) is 36.4 Å². The van der Waals surface area contributed by atoms with Crippen molar-refractivity contribution in [2.24, 2.45) is 0 Å². The van der Waals surface area contributed by atoms with Gasteiger partial charge in [-0.1, -0.05) is 11.6 Å². The number of ether oxygens (including phenoxy) is 1. The Morgan fingerprint density at radius 3 is 2.60 bits per heavy atom. The van der Waals surface area contributed by atoms with Gasteiger partial charge in [0.25, 0.3) is 0 Å². The van der Waals surface area contributed by atoms with Crippen molar-refractivity contribution in [3.8, 4) is 11.5 Å². The molecule has 0 heterocycles. The molecule has 0 saturated carbocycles. The minimum absolute atomic E-state index is 0.0566. The van der Waals surface area contributed by atoms with Gasteiger partial charge in [0.15, 0.2) is 0 Å². The molecule has 0 aliphatic rings. The summed E-state index contributed by atoms with van der Waals surface area (Å²) in [6.45, 7) is 1.89. The maximum atomic E-state index is 13.1. The van der Waals surface area contributed by atoms with E-state index in [-0.39, 0.29) is 16.8 Å². The molecule has 0 spiro atoms. The van der Waals surface area contributed by atoms with Gasteiger partial charge in [0.2, 0.25) is 0 Å². The highest BCUT2D eigenvalue weighted by Gasteiger charge is 2.12. The lowest BCUT2D eigenvalue weighted by Crippen LogP contribution is -2.07. The predicted octanol–water partition coefficient (Wildman–Crippen LogP) is 4.37. The summed E-state index contributed by atoms with van der Waals surface area (Å²) in [5, 5.41) is 13.2.